The Morgan fingerprint density at radius 3 is 2.96 bits per heavy atom. The Bertz CT molecular complexity index is 951. The van der Waals surface area contributed by atoms with Gasteiger partial charge in [0.15, 0.2) is 5.65 Å². The van der Waals surface area contributed by atoms with Crippen LogP contribution >= 0.6 is 0 Å². The van der Waals surface area contributed by atoms with Crippen LogP contribution in [0.1, 0.15) is 19.3 Å². The van der Waals surface area contributed by atoms with Crippen LogP contribution in [0.2, 0.25) is 0 Å². The van der Waals surface area contributed by atoms with Gasteiger partial charge in [0.2, 0.25) is 5.91 Å². The SMILES string of the molecule is O=C(CCNc1c(-c2ccc(F)cc2)nc2cnccn12)NCC1CCCO1. The minimum Gasteiger partial charge on any atom is -0.376 e. The molecular weight excluding hydrogens is 361 g/mol. The third kappa shape index (κ3) is 4.12. The van der Waals surface area contributed by atoms with E-state index in [1.165, 1.54) is 12.1 Å². The summed E-state index contributed by atoms with van der Waals surface area (Å²) < 4.78 is 20.7. The first kappa shape index (κ1) is 18.4. The predicted molar refractivity (Wildman–Crippen MR) is 103 cm³/mol. The fourth-order valence-electron chi connectivity index (χ4n) is 3.30. The van der Waals surface area contributed by atoms with Gasteiger partial charge in [-0.25, -0.2) is 9.37 Å². The second kappa shape index (κ2) is 8.35. The van der Waals surface area contributed by atoms with E-state index in [0.29, 0.717) is 30.9 Å². The molecule has 0 saturated carbocycles. The molecule has 28 heavy (non-hydrogen) atoms. The van der Waals surface area contributed by atoms with Crippen molar-refractivity contribution in [1.82, 2.24) is 19.7 Å². The minimum atomic E-state index is -0.299. The number of ether oxygens (including phenoxy) is 1. The van der Waals surface area contributed by atoms with Gasteiger partial charge < -0.3 is 15.4 Å². The lowest BCUT2D eigenvalue weighted by Gasteiger charge is -2.12. The van der Waals surface area contributed by atoms with E-state index in [4.69, 9.17) is 4.74 Å². The molecule has 0 spiro atoms. The fraction of sp³-hybridized carbons (Fsp3) is 0.350. The van der Waals surface area contributed by atoms with Crippen LogP contribution < -0.4 is 10.6 Å². The number of hydrogen-bond donors (Lipinski definition) is 2. The Labute approximate surface area is 161 Å². The highest BCUT2D eigenvalue weighted by Crippen LogP contribution is 2.28. The van der Waals surface area contributed by atoms with E-state index in [-0.39, 0.29) is 17.8 Å². The third-order valence-electron chi connectivity index (χ3n) is 4.74. The van der Waals surface area contributed by atoms with Crippen molar-refractivity contribution in [2.24, 2.45) is 0 Å². The zero-order chi connectivity index (χ0) is 19.3. The molecule has 1 aromatic carbocycles. The van der Waals surface area contributed by atoms with Crippen LogP contribution in [0.15, 0.2) is 42.9 Å². The number of nitrogens with zero attached hydrogens (tertiary/aromatic N) is 3. The number of amides is 1. The summed E-state index contributed by atoms with van der Waals surface area (Å²) in [5.74, 6) is 0.421. The van der Waals surface area contributed by atoms with Crippen LogP contribution in [0.25, 0.3) is 16.9 Å². The highest BCUT2D eigenvalue weighted by atomic mass is 19.1. The van der Waals surface area contributed by atoms with Gasteiger partial charge in [0.25, 0.3) is 0 Å². The number of hydrogen-bond acceptors (Lipinski definition) is 5. The van der Waals surface area contributed by atoms with Crippen molar-refractivity contribution in [2.75, 3.05) is 25.0 Å². The standard InChI is InChI=1S/C20H22FN5O2/c21-15-5-3-14(4-6-15)19-20(26-10-9-22-13-17(26)25-19)23-8-7-18(27)24-12-16-2-1-11-28-16/h3-6,9-10,13,16,23H,1-2,7-8,11-12H2,(H,24,27). The Kier molecular flexibility index (Phi) is 5.48. The number of benzene rings is 1. The number of rotatable bonds is 7. The summed E-state index contributed by atoms with van der Waals surface area (Å²) in [7, 11) is 0. The average molecular weight is 383 g/mol. The number of anilines is 1. The smallest absolute Gasteiger partial charge is 0.221 e. The number of imidazole rings is 1. The third-order valence-corrected chi connectivity index (χ3v) is 4.74. The van der Waals surface area contributed by atoms with Gasteiger partial charge in [-0.1, -0.05) is 0 Å². The summed E-state index contributed by atoms with van der Waals surface area (Å²) >= 11 is 0. The molecule has 146 valence electrons. The van der Waals surface area contributed by atoms with Crippen LogP contribution in [0.4, 0.5) is 10.2 Å². The van der Waals surface area contributed by atoms with E-state index in [0.717, 1.165) is 30.8 Å². The molecule has 1 amide bonds. The summed E-state index contributed by atoms with van der Waals surface area (Å²) in [6.45, 7) is 1.78. The second-order valence-corrected chi connectivity index (χ2v) is 6.74. The normalized spacial score (nSPS) is 16.4. The molecule has 0 bridgehead atoms. The Morgan fingerprint density at radius 1 is 1.32 bits per heavy atom. The maximum atomic E-state index is 13.3. The van der Waals surface area contributed by atoms with E-state index in [1.54, 1.807) is 30.7 Å². The second-order valence-electron chi connectivity index (χ2n) is 6.74. The van der Waals surface area contributed by atoms with Crippen molar-refractivity contribution in [3.8, 4) is 11.3 Å². The minimum absolute atomic E-state index is 0.0261. The number of nitrogens with one attached hydrogen (secondary N) is 2. The van der Waals surface area contributed by atoms with Gasteiger partial charge in [0.1, 0.15) is 17.3 Å². The van der Waals surface area contributed by atoms with Crippen molar-refractivity contribution in [1.29, 1.82) is 0 Å². The Morgan fingerprint density at radius 2 is 2.18 bits per heavy atom. The molecule has 4 rings (SSSR count). The van der Waals surface area contributed by atoms with E-state index in [1.807, 2.05) is 4.40 Å². The molecular formula is C20H22FN5O2. The molecule has 2 aromatic heterocycles. The van der Waals surface area contributed by atoms with Gasteiger partial charge in [-0.2, -0.15) is 0 Å². The van der Waals surface area contributed by atoms with Crippen molar-refractivity contribution >= 4 is 17.4 Å². The summed E-state index contributed by atoms with van der Waals surface area (Å²) in [5, 5.41) is 6.21. The molecule has 1 aliphatic heterocycles. The number of carbonyl (C=O) groups excluding carboxylic acids is 1. The quantitative estimate of drug-likeness (QED) is 0.656. The highest BCUT2D eigenvalue weighted by molar-refractivity contribution is 5.78. The molecule has 7 nitrogen and oxygen atoms in total. The van der Waals surface area contributed by atoms with Gasteiger partial charge in [-0.3, -0.25) is 14.2 Å². The first-order chi connectivity index (χ1) is 13.7. The van der Waals surface area contributed by atoms with Crippen LogP contribution in [-0.4, -0.2) is 46.1 Å². The molecule has 1 atom stereocenters. The van der Waals surface area contributed by atoms with E-state index in [9.17, 15) is 9.18 Å². The van der Waals surface area contributed by atoms with Crippen LogP contribution in [0, 0.1) is 5.82 Å². The lowest BCUT2D eigenvalue weighted by atomic mass is 10.1. The predicted octanol–water partition coefficient (Wildman–Crippen LogP) is 2.63. The van der Waals surface area contributed by atoms with Crippen LogP contribution in [-0.2, 0) is 9.53 Å². The van der Waals surface area contributed by atoms with Gasteiger partial charge in [-0.05, 0) is 37.1 Å². The number of aromatic nitrogens is 3. The maximum Gasteiger partial charge on any atom is 0.221 e. The monoisotopic (exact) mass is 383 g/mol. The molecule has 1 fully saturated rings. The molecule has 3 aromatic rings. The summed E-state index contributed by atoms with van der Waals surface area (Å²) in [6, 6.07) is 6.17. The summed E-state index contributed by atoms with van der Waals surface area (Å²) in [4.78, 5) is 20.8. The molecule has 1 saturated heterocycles. The van der Waals surface area contributed by atoms with Crippen LogP contribution in [0.3, 0.4) is 0 Å². The van der Waals surface area contributed by atoms with Gasteiger partial charge in [0, 0.05) is 44.1 Å². The zero-order valence-corrected chi connectivity index (χ0v) is 15.4. The molecule has 8 heteroatoms. The largest absolute Gasteiger partial charge is 0.376 e. The van der Waals surface area contributed by atoms with Gasteiger partial charge in [0.05, 0.1) is 12.3 Å². The summed E-state index contributed by atoms with van der Waals surface area (Å²) in [5.41, 5.74) is 2.15. The Hall–Kier alpha value is -3.00. The van der Waals surface area contributed by atoms with Crippen LogP contribution in [0.5, 0.6) is 0 Å². The molecule has 3 heterocycles. The Balaban J connectivity index is 1.44. The van der Waals surface area contributed by atoms with E-state index >= 15 is 0 Å². The zero-order valence-electron chi connectivity index (χ0n) is 15.4. The lowest BCUT2D eigenvalue weighted by molar-refractivity contribution is -0.121. The first-order valence-electron chi connectivity index (χ1n) is 9.41. The number of fused-ring (bicyclic) bond motifs is 1. The number of halogens is 1. The van der Waals surface area contributed by atoms with Crippen molar-refractivity contribution in [3.63, 3.8) is 0 Å². The molecule has 2 N–H and O–H groups in total. The highest BCUT2D eigenvalue weighted by Gasteiger charge is 2.17. The first-order valence-corrected chi connectivity index (χ1v) is 9.41. The lowest BCUT2D eigenvalue weighted by Crippen LogP contribution is -2.32. The summed E-state index contributed by atoms with van der Waals surface area (Å²) in [6.07, 6.45) is 7.64. The molecule has 0 radical (unpaired) electrons. The van der Waals surface area contributed by atoms with Crippen molar-refractivity contribution in [2.45, 2.75) is 25.4 Å². The molecule has 1 aliphatic rings. The average Bonchev–Trinajstić information content (AvgIpc) is 3.35. The van der Waals surface area contributed by atoms with Crippen molar-refractivity contribution in [3.05, 3.63) is 48.7 Å². The van der Waals surface area contributed by atoms with E-state index < -0.39 is 0 Å². The number of carbonyl (C=O) groups is 1. The van der Waals surface area contributed by atoms with Gasteiger partial charge >= 0.3 is 0 Å². The molecule has 0 aliphatic carbocycles. The topological polar surface area (TPSA) is 80.6 Å². The van der Waals surface area contributed by atoms with E-state index in [2.05, 4.69) is 20.6 Å². The maximum absolute atomic E-state index is 13.3. The van der Waals surface area contributed by atoms with Gasteiger partial charge in [-0.15, -0.1) is 0 Å². The van der Waals surface area contributed by atoms with Crippen molar-refractivity contribution < 1.29 is 13.9 Å². The fourth-order valence-corrected chi connectivity index (χ4v) is 3.30. The molecule has 1 unspecified atom stereocenters.